The molecular formula is C23H34N4O2. The molecule has 6 nitrogen and oxygen atoms in total. The third kappa shape index (κ3) is 5.06. The lowest BCUT2D eigenvalue weighted by atomic mass is 9.95. The predicted molar refractivity (Wildman–Crippen MR) is 117 cm³/mol. The van der Waals surface area contributed by atoms with E-state index in [2.05, 4.69) is 61.1 Å². The van der Waals surface area contributed by atoms with Gasteiger partial charge in [0.1, 0.15) is 5.82 Å². The number of hydrogen-bond donors (Lipinski definition) is 3. The van der Waals surface area contributed by atoms with Gasteiger partial charge in [0.15, 0.2) is 0 Å². The summed E-state index contributed by atoms with van der Waals surface area (Å²) in [6.07, 6.45) is 0.480. The highest BCUT2D eigenvalue weighted by molar-refractivity contribution is 5.49. The minimum atomic E-state index is -0.442. The van der Waals surface area contributed by atoms with E-state index in [1.54, 1.807) is 6.92 Å². The topological polar surface area (TPSA) is 81.5 Å². The zero-order valence-electron chi connectivity index (χ0n) is 18.2. The molecule has 0 saturated heterocycles. The van der Waals surface area contributed by atoms with Crippen molar-refractivity contribution in [2.45, 2.75) is 65.6 Å². The maximum absolute atomic E-state index is 9.85. The summed E-state index contributed by atoms with van der Waals surface area (Å²) in [5, 5.41) is 22.8. The SMILES string of the molecule is CC(C)c1cc(N2CCc3cc([C@@H](C)O)ccc3C2)nc(N[C@H](CO)C(C)C)n1. The van der Waals surface area contributed by atoms with E-state index in [1.165, 1.54) is 11.1 Å². The molecule has 6 heteroatoms. The molecule has 0 saturated carbocycles. The summed E-state index contributed by atoms with van der Waals surface area (Å²) in [4.78, 5) is 11.8. The number of nitrogens with one attached hydrogen (secondary N) is 1. The Morgan fingerprint density at radius 1 is 1.07 bits per heavy atom. The van der Waals surface area contributed by atoms with Crippen LogP contribution in [0.25, 0.3) is 0 Å². The fraction of sp³-hybridized carbons (Fsp3) is 0.565. The summed E-state index contributed by atoms with van der Waals surface area (Å²) in [5.74, 6) is 2.06. The van der Waals surface area contributed by atoms with Crippen LogP contribution in [0, 0.1) is 5.92 Å². The highest BCUT2D eigenvalue weighted by Gasteiger charge is 2.21. The largest absolute Gasteiger partial charge is 0.394 e. The van der Waals surface area contributed by atoms with Crippen molar-refractivity contribution in [2.24, 2.45) is 5.92 Å². The second-order valence-corrected chi connectivity index (χ2v) is 8.68. The Morgan fingerprint density at radius 3 is 2.45 bits per heavy atom. The van der Waals surface area contributed by atoms with Crippen molar-refractivity contribution in [3.8, 4) is 0 Å². The van der Waals surface area contributed by atoms with Crippen molar-refractivity contribution in [2.75, 3.05) is 23.4 Å². The van der Waals surface area contributed by atoms with Crippen molar-refractivity contribution in [1.82, 2.24) is 9.97 Å². The Morgan fingerprint density at radius 2 is 1.83 bits per heavy atom. The lowest BCUT2D eigenvalue weighted by Crippen LogP contribution is -2.33. The maximum Gasteiger partial charge on any atom is 0.225 e. The molecule has 0 unspecified atom stereocenters. The van der Waals surface area contributed by atoms with Crippen LogP contribution in [0.3, 0.4) is 0 Å². The van der Waals surface area contributed by atoms with Gasteiger partial charge in [-0.1, -0.05) is 45.9 Å². The van der Waals surface area contributed by atoms with Gasteiger partial charge in [-0.15, -0.1) is 0 Å². The maximum atomic E-state index is 9.85. The molecule has 1 aromatic carbocycles. The van der Waals surface area contributed by atoms with Crippen LogP contribution in [0.4, 0.5) is 11.8 Å². The third-order valence-corrected chi connectivity index (χ3v) is 5.69. The van der Waals surface area contributed by atoms with Crippen LogP contribution in [0.1, 0.15) is 69.0 Å². The van der Waals surface area contributed by atoms with Crippen LogP contribution in [0.5, 0.6) is 0 Å². The smallest absolute Gasteiger partial charge is 0.225 e. The minimum Gasteiger partial charge on any atom is -0.394 e. The van der Waals surface area contributed by atoms with Gasteiger partial charge in [-0.05, 0) is 41.9 Å². The van der Waals surface area contributed by atoms with Gasteiger partial charge in [-0.25, -0.2) is 4.98 Å². The molecule has 1 aromatic heterocycles. The summed E-state index contributed by atoms with van der Waals surface area (Å²) in [6, 6.07) is 8.25. The second kappa shape index (κ2) is 9.09. The van der Waals surface area contributed by atoms with Crippen LogP contribution in [0.2, 0.25) is 0 Å². The Labute approximate surface area is 174 Å². The number of hydrogen-bond acceptors (Lipinski definition) is 6. The van der Waals surface area contributed by atoms with Crippen molar-refractivity contribution in [3.05, 3.63) is 46.6 Å². The van der Waals surface area contributed by atoms with E-state index in [0.29, 0.717) is 5.95 Å². The summed E-state index contributed by atoms with van der Waals surface area (Å²) in [7, 11) is 0. The third-order valence-electron chi connectivity index (χ3n) is 5.69. The second-order valence-electron chi connectivity index (χ2n) is 8.68. The fourth-order valence-electron chi connectivity index (χ4n) is 3.59. The van der Waals surface area contributed by atoms with Gasteiger partial charge in [-0.2, -0.15) is 4.98 Å². The summed E-state index contributed by atoms with van der Waals surface area (Å²) >= 11 is 0. The number of anilines is 2. The van der Waals surface area contributed by atoms with Gasteiger partial charge < -0.3 is 20.4 Å². The standard InChI is InChI=1S/C23H34N4O2/c1-14(2)20-11-22(26-23(24-20)25-21(13-28)15(3)4)27-9-8-18-10-17(16(5)29)6-7-19(18)12-27/h6-7,10-11,14-16,21,28-29H,8-9,12-13H2,1-5H3,(H,24,25,26)/t16-,21-/m1/s1. The molecule has 0 radical (unpaired) electrons. The Bertz CT molecular complexity index is 836. The number of aromatic nitrogens is 2. The lowest BCUT2D eigenvalue weighted by Gasteiger charge is -2.31. The highest BCUT2D eigenvalue weighted by Crippen LogP contribution is 2.28. The summed E-state index contributed by atoms with van der Waals surface area (Å²) in [5.41, 5.74) is 4.54. The predicted octanol–water partition coefficient (Wildman–Crippen LogP) is 3.64. The zero-order chi connectivity index (χ0) is 21.1. The van der Waals surface area contributed by atoms with E-state index in [4.69, 9.17) is 4.98 Å². The molecule has 1 aliphatic heterocycles. The minimum absolute atomic E-state index is 0.0466. The fourth-order valence-corrected chi connectivity index (χ4v) is 3.59. The number of aliphatic hydroxyl groups excluding tert-OH is 2. The number of benzene rings is 1. The molecule has 3 rings (SSSR count). The van der Waals surface area contributed by atoms with E-state index < -0.39 is 6.10 Å². The van der Waals surface area contributed by atoms with Gasteiger partial charge in [0.05, 0.1) is 24.4 Å². The zero-order valence-corrected chi connectivity index (χ0v) is 18.2. The Balaban J connectivity index is 1.88. The van der Waals surface area contributed by atoms with Gasteiger partial charge in [0.25, 0.3) is 0 Å². The number of aliphatic hydroxyl groups is 2. The normalized spacial score (nSPS) is 16.1. The molecule has 2 atom stereocenters. The molecule has 2 heterocycles. The Kier molecular flexibility index (Phi) is 6.75. The average Bonchev–Trinajstić information content (AvgIpc) is 2.70. The average molecular weight is 399 g/mol. The van der Waals surface area contributed by atoms with E-state index in [9.17, 15) is 10.2 Å². The van der Waals surface area contributed by atoms with Crippen molar-refractivity contribution in [3.63, 3.8) is 0 Å². The molecular weight excluding hydrogens is 364 g/mol. The number of fused-ring (bicyclic) bond motifs is 1. The van der Waals surface area contributed by atoms with E-state index in [0.717, 1.165) is 36.6 Å². The molecule has 2 aromatic rings. The first-order valence-corrected chi connectivity index (χ1v) is 10.6. The molecule has 29 heavy (non-hydrogen) atoms. The first-order valence-electron chi connectivity index (χ1n) is 10.6. The quantitative estimate of drug-likeness (QED) is 0.661. The van der Waals surface area contributed by atoms with Crippen LogP contribution in [-0.4, -0.2) is 39.4 Å². The van der Waals surface area contributed by atoms with Crippen LogP contribution in [-0.2, 0) is 13.0 Å². The van der Waals surface area contributed by atoms with Crippen LogP contribution in [0.15, 0.2) is 24.3 Å². The van der Waals surface area contributed by atoms with Crippen molar-refractivity contribution in [1.29, 1.82) is 0 Å². The molecule has 0 spiro atoms. The lowest BCUT2D eigenvalue weighted by molar-refractivity contribution is 0.199. The molecule has 0 amide bonds. The summed E-state index contributed by atoms with van der Waals surface area (Å²) < 4.78 is 0. The van der Waals surface area contributed by atoms with Gasteiger partial charge in [0, 0.05) is 19.2 Å². The van der Waals surface area contributed by atoms with Crippen LogP contribution >= 0.6 is 0 Å². The van der Waals surface area contributed by atoms with E-state index in [-0.39, 0.29) is 24.5 Å². The monoisotopic (exact) mass is 398 g/mol. The number of nitrogens with zero attached hydrogens (tertiary/aromatic N) is 3. The molecule has 0 fully saturated rings. The molecule has 1 aliphatic rings. The first kappa shape index (κ1) is 21.5. The molecule has 158 valence electrons. The van der Waals surface area contributed by atoms with Crippen molar-refractivity contribution >= 4 is 11.8 Å². The highest BCUT2D eigenvalue weighted by atomic mass is 16.3. The molecule has 3 N–H and O–H groups in total. The first-order chi connectivity index (χ1) is 13.8. The molecule has 0 bridgehead atoms. The van der Waals surface area contributed by atoms with Gasteiger partial charge in [-0.3, -0.25) is 0 Å². The Hall–Kier alpha value is -2.18. The van der Waals surface area contributed by atoms with E-state index >= 15 is 0 Å². The summed E-state index contributed by atoms with van der Waals surface area (Å²) in [6.45, 7) is 11.9. The molecule has 0 aliphatic carbocycles. The number of rotatable bonds is 7. The van der Waals surface area contributed by atoms with Gasteiger partial charge in [0.2, 0.25) is 5.95 Å². The van der Waals surface area contributed by atoms with E-state index in [1.807, 2.05) is 6.07 Å². The van der Waals surface area contributed by atoms with Gasteiger partial charge >= 0.3 is 0 Å². The van der Waals surface area contributed by atoms with Crippen molar-refractivity contribution < 1.29 is 10.2 Å². The van der Waals surface area contributed by atoms with Crippen LogP contribution < -0.4 is 10.2 Å².